The molecule has 4 aromatic heterocycles. The largest absolute Gasteiger partial charge is 0.444 e. The van der Waals surface area contributed by atoms with E-state index < -0.39 is 5.91 Å². The molecule has 4 N–H and O–H groups in total. The van der Waals surface area contributed by atoms with E-state index in [0.717, 1.165) is 30.8 Å². The first-order valence-electron chi connectivity index (χ1n) is 11.9. The summed E-state index contributed by atoms with van der Waals surface area (Å²) in [7, 11) is 0. The number of rotatable bonds is 5. The molecule has 2 aliphatic rings. The van der Waals surface area contributed by atoms with Gasteiger partial charge in [0.2, 0.25) is 17.4 Å². The van der Waals surface area contributed by atoms with Crippen molar-refractivity contribution in [1.82, 2.24) is 25.3 Å². The van der Waals surface area contributed by atoms with E-state index >= 15 is 0 Å². The van der Waals surface area contributed by atoms with Gasteiger partial charge in [-0.3, -0.25) is 9.78 Å². The number of hydrogen-bond acceptors (Lipinski definition) is 11. The zero-order valence-corrected chi connectivity index (χ0v) is 19.7. The summed E-state index contributed by atoms with van der Waals surface area (Å²) in [6, 6.07) is 5.38. The zero-order valence-electron chi connectivity index (χ0n) is 19.7. The molecule has 0 radical (unpaired) electrons. The average Bonchev–Trinajstić information content (AvgIpc) is 3.63. The number of amides is 1. The fraction of sp³-hybridized carbons (Fsp3) is 0.375. The van der Waals surface area contributed by atoms with Gasteiger partial charge in [-0.1, -0.05) is 0 Å². The number of pyridine rings is 2. The number of carbonyl (C=O) groups is 1. The third-order valence-electron chi connectivity index (χ3n) is 6.24. The van der Waals surface area contributed by atoms with Crippen LogP contribution in [0.25, 0.3) is 22.7 Å². The Morgan fingerprint density at radius 3 is 2.97 bits per heavy atom. The van der Waals surface area contributed by atoms with Crippen LogP contribution in [0.1, 0.15) is 34.6 Å². The third kappa shape index (κ3) is 4.41. The van der Waals surface area contributed by atoms with E-state index in [1.165, 1.54) is 6.26 Å². The van der Waals surface area contributed by atoms with Crippen molar-refractivity contribution in [2.75, 3.05) is 43.0 Å². The van der Waals surface area contributed by atoms with Gasteiger partial charge in [-0.05, 0) is 25.5 Å². The van der Waals surface area contributed by atoms with Crippen LogP contribution in [0.15, 0.2) is 39.5 Å². The maximum Gasteiger partial charge on any atom is 0.277 e. The molecular weight excluding hydrogens is 464 g/mol. The van der Waals surface area contributed by atoms with Crippen LogP contribution in [-0.2, 0) is 4.74 Å². The molecule has 0 bridgehead atoms. The van der Waals surface area contributed by atoms with Gasteiger partial charge in [0.15, 0.2) is 17.1 Å². The third-order valence-corrected chi connectivity index (χ3v) is 6.24. The highest BCUT2D eigenvalue weighted by atomic mass is 16.5. The molecule has 2 unspecified atom stereocenters. The molecule has 1 amide bonds. The molecule has 4 aromatic rings. The minimum Gasteiger partial charge on any atom is -0.444 e. The van der Waals surface area contributed by atoms with Crippen molar-refractivity contribution < 1.29 is 18.4 Å². The van der Waals surface area contributed by atoms with Crippen LogP contribution in [0.3, 0.4) is 0 Å². The molecule has 12 nitrogen and oxygen atoms in total. The van der Waals surface area contributed by atoms with Crippen LogP contribution < -0.4 is 21.3 Å². The second-order valence-corrected chi connectivity index (χ2v) is 8.97. The van der Waals surface area contributed by atoms with E-state index in [2.05, 4.69) is 25.6 Å². The fourth-order valence-electron chi connectivity index (χ4n) is 4.42. The second kappa shape index (κ2) is 9.30. The van der Waals surface area contributed by atoms with E-state index in [1.54, 1.807) is 18.3 Å². The minimum atomic E-state index is -0.429. The molecule has 0 aromatic carbocycles. The summed E-state index contributed by atoms with van der Waals surface area (Å²) in [4.78, 5) is 33.0. The molecule has 186 valence electrons. The first kappa shape index (κ1) is 22.6. The maximum absolute atomic E-state index is 13.2. The lowest BCUT2D eigenvalue weighted by molar-refractivity contribution is 0.0118. The number of fused-ring (bicyclic) bond motifs is 1. The summed E-state index contributed by atoms with van der Waals surface area (Å²) in [5.41, 5.74) is 9.24. The number of ether oxygens (including phenoxy) is 1. The molecule has 0 spiro atoms. The Balaban J connectivity index is 1.31. The second-order valence-electron chi connectivity index (χ2n) is 8.97. The Kier molecular flexibility index (Phi) is 5.83. The summed E-state index contributed by atoms with van der Waals surface area (Å²) >= 11 is 0. The minimum absolute atomic E-state index is 0.0301. The predicted molar refractivity (Wildman–Crippen MR) is 131 cm³/mol. The van der Waals surface area contributed by atoms with Gasteiger partial charge < -0.3 is 34.8 Å². The molecule has 2 aliphatic heterocycles. The number of aromatic nitrogens is 4. The summed E-state index contributed by atoms with van der Waals surface area (Å²) in [6.07, 6.45) is 3.54. The van der Waals surface area contributed by atoms with Crippen LogP contribution in [0, 0.1) is 6.92 Å². The molecule has 2 fully saturated rings. The number of morpholine rings is 1. The Labute approximate surface area is 206 Å². The van der Waals surface area contributed by atoms with Gasteiger partial charge in [-0.25, -0.2) is 9.97 Å². The van der Waals surface area contributed by atoms with Crippen molar-refractivity contribution in [2.24, 2.45) is 5.73 Å². The van der Waals surface area contributed by atoms with Gasteiger partial charge in [-0.2, -0.15) is 4.98 Å². The molecule has 0 aliphatic carbocycles. The maximum atomic E-state index is 13.2. The molecule has 6 heterocycles. The van der Waals surface area contributed by atoms with Crippen molar-refractivity contribution >= 4 is 28.6 Å². The van der Waals surface area contributed by atoms with Crippen LogP contribution >= 0.6 is 0 Å². The fourth-order valence-corrected chi connectivity index (χ4v) is 4.42. The molecule has 36 heavy (non-hydrogen) atoms. The van der Waals surface area contributed by atoms with Crippen molar-refractivity contribution in [2.45, 2.75) is 25.5 Å². The molecular formula is C24H26N8O4. The summed E-state index contributed by atoms with van der Waals surface area (Å²) < 4.78 is 17.3. The Hall–Kier alpha value is -3.87. The first-order chi connectivity index (χ1) is 17.5. The Morgan fingerprint density at radius 2 is 2.19 bits per heavy atom. The van der Waals surface area contributed by atoms with Crippen molar-refractivity contribution in [1.29, 1.82) is 0 Å². The van der Waals surface area contributed by atoms with Gasteiger partial charge in [0, 0.05) is 55.7 Å². The van der Waals surface area contributed by atoms with E-state index in [4.69, 9.17) is 24.3 Å². The van der Waals surface area contributed by atoms with Crippen molar-refractivity contribution in [3.05, 3.63) is 47.9 Å². The summed E-state index contributed by atoms with van der Waals surface area (Å²) in [5, 5.41) is 6.19. The zero-order chi connectivity index (χ0) is 24.6. The highest BCUT2D eigenvalue weighted by molar-refractivity contribution is 6.05. The van der Waals surface area contributed by atoms with Gasteiger partial charge >= 0.3 is 0 Å². The van der Waals surface area contributed by atoms with Gasteiger partial charge in [-0.15, -0.1) is 0 Å². The van der Waals surface area contributed by atoms with Gasteiger partial charge in [0.25, 0.3) is 5.91 Å². The number of nitrogens with one attached hydrogen (secondary N) is 2. The Morgan fingerprint density at radius 1 is 1.28 bits per heavy atom. The topological polar surface area (TPSA) is 157 Å². The molecule has 2 saturated heterocycles. The number of hydrogen-bond donors (Lipinski definition) is 3. The number of oxazole rings is 2. The predicted octanol–water partition coefficient (Wildman–Crippen LogP) is 2.03. The standard InChI is InChI=1S/C24H26N8O4/c1-13-8-14(2-4-27-13)23-29-17(12-35-23)22(33)28-16-9-18-20(30-21(16)32-6-3-15(25)11-32)31-24(36-18)19-10-26-5-7-34-19/h2,4,8-9,12,15,19,26H,3,5-7,10-11,25H2,1H3,(H,28,33). The molecule has 6 rings (SSSR count). The van der Waals surface area contributed by atoms with E-state index in [1.807, 2.05) is 17.9 Å². The summed E-state index contributed by atoms with van der Waals surface area (Å²) in [6.45, 7) is 5.19. The molecule has 12 heteroatoms. The monoisotopic (exact) mass is 490 g/mol. The average molecular weight is 491 g/mol. The van der Waals surface area contributed by atoms with E-state index in [9.17, 15) is 4.79 Å². The molecule has 2 atom stereocenters. The highest BCUT2D eigenvalue weighted by Crippen LogP contribution is 2.32. The van der Waals surface area contributed by atoms with Gasteiger partial charge in [0.05, 0.1) is 12.3 Å². The number of aryl methyl sites for hydroxylation is 1. The molecule has 0 saturated carbocycles. The van der Waals surface area contributed by atoms with Crippen LogP contribution in [-0.4, -0.2) is 64.7 Å². The quantitative estimate of drug-likeness (QED) is 0.376. The number of nitrogens with zero attached hydrogens (tertiary/aromatic N) is 5. The lowest BCUT2D eigenvalue weighted by atomic mass is 10.2. The lowest BCUT2D eigenvalue weighted by Gasteiger charge is -2.20. The highest BCUT2D eigenvalue weighted by Gasteiger charge is 2.27. The normalized spacial score (nSPS) is 20.2. The number of anilines is 2. The van der Waals surface area contributed by atoms with Crippen molar-refractivity contribution in [3.63, 3.8) is 0 Å². The SMILES string of the molecule is Cc1cc(-c2nc(C(=O)Nc3cc4oc(C5CNCCO5)nc4nc3N3CCC(N)C3)co2)ccn1. The van der Waals surface area contributed by atoms with E-state index in [-0.39, 0.29) is 17.8 Å². The van der Waals surface area contributed by atoms with Gasteiger partial charge in [0.1, 0.15) is 12.4 Å². The van der Waals surface area contributed by atoms with Crippen LogP contribution in [0.4, 0.5) is 11.5 Å². The summed E-state index contributed by atoms with van der Waals surface area (Å²) in [5.74, 6) is 0.943. The van der Waals surface area contributed by atoms with E-state index in [0.29, 0.717) is 54.2 Å². The van der Waals surface area contributed by atoms with Crippen LogP contribution in [0.5, 0.6) is 0 Å². The number of nitrogens with two attached hydrogens (primary N) is 1. The lowest BCUT2D eigenvalue weighted by Crippen LogP contribution is -2.33. The smallest absolute Gasteiger partial charge is 0.277 e. The van der Waals surface area contributed by atoms with Crippen LogP contribution in [0.2, 0.25) is 0 Å². The first-order valence-corrected chi connectivity index (χ1v) is 11.9. The number of carbonyl (C=O) groups excluding carboxylic acids is 1. The Bertz CT molecular complexity index is 1410. The van der Waals surface area contributed by atoms with Crippen molar-refractivity contribution in [3.8, 4) is 11.5 Å².